The Kier molecular flexibility index (Phi) is 7.50. The minimum absolute atomic E-state index is 0.770. The summed E-state index contributed by atoms with van der Waals surface area (Å²) in [6.07, 6.45) is 8.96. The first-order valence-electron chi connectivity index (χ1n) is 6.70. The molecule has 1 aliphatic rings. The summed E-state index contributed by atoms with van der Waals surface area (Å²) in [5, 5.41) is 3.58. The Morgan fingerprint density at radius 3 is 2.69 bits per heavy atom. The van der Waals surface area contributed by atoms with Gasteiger partial charge in [-0.3, -0.25) is 0 Å². The van der Waals surface area contributed by atoms with Crippen molar-refractivity contribution in [1.29, 1.82) is 0 Å². The lowest BCUT2D eigenvalue weighted by Crippen LogP contribution is -2.34. The molecule has 1 atom stereocenters. The molecule has 1 aliphatic carbocycles. The Balaban J connectivity index is 1.96. The highest BCUT2D eigenvalue weighted by atomic mass is 32.2. The number of nitrogens with zero attached hydrogens (tertiary/aromatic N) is 1. The molecule has 2 nitrogen and oxygen atoms in total. The van der Waals surface area contributed by atoms with Crippen LogP contribution in [0.5, 0.6) is 0 Å². The maximum Gasteiger partial charge on any atom is 0.0180 e. The first-order valence-corrected chi connectivity index (χ1v) is 8.09. The number of thioether (sulfide) groups is 1. The van der Waals surface area contributed by atoms with Gasteiger partial charge in [-0.25, -0.2) is 0 Å². The van der Waals surface area contributed by atoms with E-state index in [2.05, 4.69) is 30.4 Å². The molecule has 3 heteroatoms. The van der Waals surface area contributed by atoms with Crippen LogP contribution in [-0.2, 0) is 0 Å². The topological polar surface area (TPSA) is 15.3 Å². The molecule has 96 valence electrons. The highest BCUT2D eigenvalue weighted by molar-refractivity contribution is 7.98. The average Bonchev–Trinajstić information content (AvgIpc) is 3.09. The van der Waals surface area contributed by atoms with E-state index in [-0.39, 0.29) is 0 Å². The molecule has 1 fully saturated rings. The van der Waals surface area contributed by atoms with Gasteiger partial charge in [0.15, 0.2) is 0 Å². The van der Waals surface area contributed by atoms with Crippen LogP contribution < -0.4 is 5.32 Å². The maximum absolute atomic E-state index is 3.58. The van der Waals surface area contributed by atoms with Crippen molar-refractivity contribution in [3.63, 3.8) is 0 Å². The van der Waals surface area contributed by atoms with Crippen molar-refractivity contribution < 1.29 is 0 Å². The summed E-state index contributed by atoms with van der Waals surface area (Å²) in [6, 6.07) is 1.64. The molecule has 1 rings (SSSR count). The Hall–Kier alpha value is 0.270. The van der Waals surface area contributed by atoms with Crippen LogP contribution in [0.1, 0.15) is 39.0 Å². The third-order valence-electron chi connectivity index (χ3n) is 3.40. The van der Waals surface area contributed by atoms with Gasteiger partial charge in [0.1, 0.15) is 0 Å². The minimum atomic E-state index is 0.770. The van der Waals surface area contributed by atoms with Crippen molar-refractivity contribution in [3.8, 4) is 0 Å². The van der Waals surface area contributed by atoms with Gasteiger partial charge >= 0.3 is 0 Å². The van der Waals surface area contributed by atoms with E-state index in [0.717, 1.165) is 12.1 Å². The molecule has 16 heavy (non-hydrogen) atoms. The lowest BCUT2D eigenvalue weighted by atomic mass is 10.2. The lowest BCUT2D eigenvalue weighted by Gasteiger charge is -2.26. The van der Waals surface area contributed by atoms with Crippen LogP contribution in [0.4, 0.5) is 0 Å². The first-order chi connectivity index (χ1) is 7.77. The summed E-state index contributed by atoms with van der Waals surface area (Å²) in [5.74, 6) is 1.27. The summed E-state index contributed by atoms with van der Waals surface area (Å²) < 4.78 is 0. The summed E-state index contributed by atoms with van der Waals surface area (Å²) in [5.41, 5.74) is 0. The molecular formula is C13H28N2S. The third-order valence-corrected chi connectivity index (χ3v) is 4.12. The third kappa shape index (κ3) is 6.12. The van der Waals surface area contributed by atoms with Gasteiger partial charge in [0, 0.05) is 17.8 Å². The van der Waals surface area contributed by atoms with E-state index in [9.17, 15) is 0 Å². The van der Waals surface area contributed by atoms with E-state index < -0.39 is 0 Å². The highest BCUT2D eigenvalue weighted by Gasteiger charge is 2.19. The Morgan fingerprint density at radius 1 is 1.38 bits per heavy atom. The molecule has 0 aliphatic heterocycles. The predicted octanol–water partition coefficient (Wildman–Crippen LogP) is 2.59. The fraction of sp³-hybridized carbons (Fsp3) is 1.00. The van der Waals surface area contributed by atoms with E-state index in [4.69, 9.17) is 0 Å². The van der Waals surface area contributed by atoms with E-state index in [1.165, 1.54) is 50.9 Å². The molecule has 0 aromatic carbocycles. The molecule has 0 aromatic heterocycles. The summed E-state index contributed by atoms with van der Waals surface area (Å²) in [6.45, 7) is 4.77. The summed E-state index contributed by atoms with van der Waals surface area (Å²) in [7, 11) is 2.28. The zero-order valence-electron chi connectivity index (χ0n) is 11.2. The van der Waals surface area contributed by atoms with Crippen LogP contribution in [0.25, 0.3) is 0 Å². The van der Waals surface area contributed by atoms with Crippen molar-refractivity contribution in [2.24, 2.45) is 0 Å². The van der Waals surface area contributed by atoms with Crippen LogP contribution in [0.2, 0.25) is 0 Å². The number of unbranched alkanes of at least 4 members (excludes halogenated alkanes) is 1. The van der Waals surface area contributed by atoms with Crippen LogP contribution in [0, 0.1) is 0 Å². The molecule has 1 N–H and O–H groups in total. The number of rotatable bonds is 10. The molecule has 0 saturated heterocycles. The maximum atomic E-state index is 3.58. The van der Waals surface area contributed by atoms with E-state index >= 15 is 0 Å². The average molecular weight is 244 g/mol. The molecule has 1 unspecified atom stereocenters. The van der Waals surface area contributed by atoms with Crippen molar-refractivity contribution in [2.45, 2.75) is 51.1 Å². The Labute approximate surface area is 106 Å². The van der Waals surface area contributed by atoms with Crippen molar-refractivity contribution in [1.82, 2.24) is 10.2 Å². The fourth-order valence-corrected chi connectivity index (χ4v) is 2.89. The molecule has 0 radical (unpaired) electrons. The monoisotopic (exact) mass is 244 g/mol. The molecule has 0 aromatic rings. The van der Waals surface area contributed by atoms with Gasteiger partial charge in [-0.05, 0) is 58.5 Å². The Morgan fingerprint density at radius 2 is 2.12 bits per heavy atom. The van der Waals surface area contributed by atoms with Gasteiger partial charge < -0.3 is 10.2 Å². The zero-order chi connectivity index (χ0) is 11.8. The van der Waals surface area contributed by atoms with Gasteiger partial charge in [-0.2, -0.15) is 11.8 Å². The zero-order valence-corrected chi connectivity index (χ0v) is 12.0. The second kappa shape index (κ2) is 8.37. The predicted molar refractivity (Wildman–Crippen MR) is 75.3 cm³/mol. The summed E-state index contributed by atoms with van der Waals surface area (Å²) >= 11 is 1.96. The standard InChI is InChI=1S/C13H28N2S/c1-4-13(11-16-3)15(2)10-6-5-9-14-12-7-8-12/h12-14H,4-11H2,1-3H3. The molecule has 0 bridgehead atoms. The smallest absolute Gasteiger partial charge is 0.0180 e. The highest BCUT2D eigenvalue weighted by Crippen LogP contribution is 2.18. The second-order valence-corrected chi connectivity index (χ2v) is 5.84. The molecule has 0 spiro atoms. The van der Waals surface area contributed by atoms with Crippen LogP contribution >= 0.6 is 11.8 Å². The van der Waals surface area contributed by atoms with E-state index in [0.29, 0.717) is 0 Å². The number of nitrogens with one attached hydrogen (secondary N) is 1. The number of hydrogen-bond acceptors (Lipinski definition) is 3. The summed E-state index contributed by atoms with van der Waals surface area (Å²) in [4.78, 5) is 2.54. The van der Waals surface area contributed by atoms with Crippen LogP contribution in [-0.4, -0.2) is 49.1 Å². The SMILES string of the molecule is CCC(CSC)N(C)CCCCNC1CC1. The van der Waals surface area contributed by atoms with Gasteiger partial charge in [0.25, 0.3) is 0 Å². The largest absolute Gasteiger partial charge is 0.314 e. The fourth-order valence-electron chi connectivity index (χ4n) is 2.01. The molecule has 1 saturated carbocycles. The molecule has 0 heterocycles. The lowest BCUT2D eigenvalue weighted by molar-refractivity contribution is 0.251. The van der Waals surface area contributed by atoms with Gasteiger partial charge in [0.2, 0.25) is 0 Å². The van der Waals surface area contributed by atoms with Gasteiger partial charge in [-0.15, -0.1) is 0 Å². The minimum Gasteiger partial charge on any atom is -0.314 e. The number of hydrogen-bond donors (Lipinski definition) is 1. The molecule has 0 amide bonds. The molecular weight excluding hydrogens is 216 g/mol. The van der Waals surface area contributed by atoms with Crippen LogP contribution in [0.3, 0.4) is 0 Å². The quantitative estimate of drug-likeness (QED) is 0.595. The van der Waals surface area contributed by atoms with Crippen molar-refractivity contribution in [3.05, 3.63) is 0 Å². The van der Waals surface area contributed by atoms with Crippen molar-refractivity contribution >= 4 is 11.8 Å². The second-order valence-electron chi connectivity index (χ2n) is 4.93. The van der Waals surface area contributed by atoms with E-state index in [1.54, 1.807) is 0 Å². The van der Waals surface area contributed by atoms with Gasteiger partial charge in [-0.1, -0.05) is 6.92 Å². The van der Waals surface area contributed by atoms with E-state index in [1.807, 2.05) is 11.8 Å². The normalized spacial score (nSPS) is 18.0. The van der Waals surface area contributed by atoms with Crippen LogP contribution in [0.15, 0.2) is 0 Å². The first kappa shape index (κ1) is 14.3. The van der Waals surface area contributed by atoms with Gasteiger partial charge in [0.05, 0.1) is 0 Å². The Bertz CT molecular complexity index is 171. The van der Waals surface area contributed by atoms with Crippen molar-refractivity contribution in [2.75, 3.05) is 32.1 Å².